The van der Waals surface area contributed by atoms with E-state index in [1.165, 1.54) is 6.08 Å². The van der Waals surface area contributed by atoms with Crippen molar-refractivity contribution in [3.8, 4) is 0 Å². The Morgan fingerprint density at radius 1 is 0.553 bits per heavy atom. The van der Waals surface area contributed by atoms with Crippen LogP contribution in [-0.4, -0.2) is 50.3 Å². The van der Waals surface area contributed by atoms with E-state index >= 15 is 0 Å². The van der Waals surface area contributed by atoms with Crippen molar-refractivity contribution >= 4 is 23.9 Å². The Hall–Kier alpha value is -2.38. The topological polar surface area (TPSA) is 105 Å². The molecule has 4 unspecified atom stereocenters. The molecular weight excluding hydrogens is 596 g/mol. The minimum Gasteiger partial charge on any atom is -0.465 e. The highest BCUT2D eigenvalue weighted by Crippen LogP contribution is 2.30. The van der Waals surface area contributed by atoms with Gasteiger partial charge in [0.25, 0.3) is 0 Å². The predicted octanol–water partition coefficient (Wildman–Crippen LogP) is 9.38. The second kappa shape index (κ2) is 27.6. The maximum absolute atomic E-state index is 12.4. The van der Waals surface area contributed by atoms with Crippen LogP contribution in [0.15, 0.2) is 11.6 Å². The summed E-state index contributed by atoms with van der Waals surface area (Å²) in [7, 11) is 0. The summed E-state index contributed by atoms with van der Waals surface area (Å²) < 4.78 is 21.4. The predicted molar refractivity (Wildman–Crippen MR) is 191 cm³/mol. The van der Waals surface area contributed by atoms with Crippen molar-refractivity contribution in [1.82, 2.24) is 0 Å². The largest absolute Gasteiger partial charge is 0.465 e. The van der Waals surface area contributed by atoms with E-state index in [0.29, 0.717) is 43.8 Å². The number of carbonyl (C=O) groups excluding carboxylic acids is 4. The third-order valence-electron chi connectivity index (χ3n) is 8.14. The molecule has 0 aliphatic heterocycles. The Balaban J connectivity index is 0. The molecule has 8 nitrogen and oxygen atoms in total. The Morgan fingerprint density at radius 3 is 1.26 bits per heavy atom. The summed E-state index contributed by atoms with van der Waals surface area (Å²) in [5.74, 6) is -0.973. The van der Waals surface area contributed by atoms with E-state index in [2.05, 4.69) is 27.7 Å². The molecule has 0 aliphatic rings. The highest BCUT2D eigenvalue weighted by Gasteiger charge is 2.40. The zero-order valence-corrected chi connectivity index (χ0v) is 32.4. The fourth-order valence-electron chi connectivity index (χ4n) is 4.94. The third kappa shape index (κ3) is 22.8. The monoisotopic (exact) mass is 669 g/mol. The molecule has 0 aromatic rings. The number of carbonyl (C=O) groups is 4. The van der Waals surface area contributed by atoms with E-state index in [9.17, 15) is 19.2 Å². The van der Waals surface area contributed by atoms with Crippen LogP contribution < -0.4 is 0 Å². The highest BCUT2D eigenvalue weighted by atomic mass is 16.5. The molecular formula is C39H72O8. The number of hydrogen-bond acceptors (Lipinski definition) is 8. The molecule has 0 radical (unpaired) electrons. The molecule has 0 N–H and O–H groups in total. The summed E-state index contributed by atoms with van der Waals surface area (Å²) in [6.07, 6.45) is 9.97. The van der Waals surface area contributed by atoms with E-state index in [1.807, 2.05) is 55.4 Å². The van der Waals surface area contributed by atoms with Crippen molar-refractivity contribution in [3.05, 3.63) is 11.6 Å². The molecule has 0 aromatic heterocycles. The van der Waals surface area contributed by atoms with Crippen LogP contribution in [0.2, 0.25) is 0 Å². The van der Waals surface area contributed by atoms with E-state index in [-0.39, 0.29) is 35.6 Å². The van der Waals surface area contributed by atoms with Crippen molar-refractivity contribution in [2.24, 2.45) is 47.3 Å². The summed E-state index contributed by atoms with van der Waals surface area (Å²) in [5, 5.41) is 0. The average Bonchev–Trinajstić information content (AvgIpc) is 3.01. The molecule has 0 spiro atoms. The lowest BCUT2D eigenvalue weighted by molar-refractivity contribution is -0.166. The van der Waals surface area contributed by atoms with Crippen LogP contribution in [0.25, 0.3) is 0 Å². The molecule has 0 saturated carbocycles. The Kier molecular flexibility index (Phi) is 27.4. The van der Waals surface area contributed by atoms with Gasteiger partial charge in [-0.25, -0.2) is 9.59 Å². The molecule has 0 saturated heterocycles. The summed E-state index contributed by atoms with van der Waals surface area (Å²) in [6, 6.07) is 0. The number of rotatable bonds is 23. The molecule has 4 atom stereocenters. The van der Waals surface area contributed by atoms with Crippen LogP contribution in [-0.2, 0) is 38.1 Å². The zero-order chi connectivity index (χ0) is 36.5. The standard InChI is InChI=1S/C21H38O4.C18H34O4/c1-6-10-12-18(8-3)15-24-20(22)14-17(5)21(23)25-16-19(9-4)13-11-7-2;1-11(2)9-21-17(19)15(13(5)6)16(14(7)8)18(20)22-10-12(3)4/h14,18-19H,6-13,15-16H2,1-5H3;11-16H,9-10H2,1-8H3/b17-14-;. The highest BCUT2D eigenvalue weighted by molar-refractivity contribution is 5.95. The van der Waals surface area contributed by atoms with Gasteiger partial charge in [-0.05, 0) is 55.3 Å². The third-order valence-corrected chi connectivity index (χ3v) is 8.14. The number of ether oxygens (including phenoxy) is 4. The van der Waals surface area contributed by atoms with Crippen LogP contribution in [0.1, 0.15) is 141 Å². The fourth-order valence-corrected chi connectivity index (χ4v) is 4.94. The first-order valence-corrected chi connectivity index (χ1v) is 18.4. The van der Waals surface area contributed by atoms with Gasteiger partial charge in [0.15, 0.2) is 0 Å². The molecule has 0 aliphatic carbocycles. The van der Waals surface area contributed by atoms with Crippen LogP contribution in [0.5, 0.6) is 0 Å². The van der Waals surface area contributed by atoms with Crippen molar-refractivity contribution in [1.29, 1.82) is 0 Å². The normalized spacial score (nSPS) is 14.3. The fraction of sp³-hybridized carbons (Fsp3) is 0.846. The molecule has 0 rings (SSSR count). The van der Waals surface area contributed by atoms with Gasteiger partial charge in [0.1, 0.15) is 0 Å². The van der Waals surface area contributed by atoms with Gasteiger partial charge in [0, 0.05) is 11.6 Å². The lowest BCUT2D eigenvalue weighted by atomic mass is 9.77. The molecule has 0 bridgehead atoms. The quantitative estimate of drug-likeness (QED) is 0.0602. The lowest BCUT2D eigenvalue weighted by Gasteiger charge is -2.30. The molecule has 276 valence electrons. The number of hydrogen-bond donors (Lipinski definition) is 0. The van der Waals surface area contributed by atoms with Crippen molar-refractivity contribution < 1.29 is 38.1 Å². The molecule has 8 heteroatoms. The summed E-state index contributed by atoms with van der Waals surface area (Å²) >= 11 is 0. The van der Waals surface area contributed by atoms with Gasteiger partial charge in [0.05, 0.1) is 38.3 Å². The minimum absolute atomic E-state index is 0.0265. The summed E-state index contributed by atoms with van der Waals surface area (Å²) in [6.45, 7) is 27.5. The van der Waals surface area contributed by atoms with Gasteiger partial charge in [0.2, 0.25) is 0 Å². The van der Waals surface area contributed by atoms with Gasteiger partial charge >= 0.3 is 23.9 Å². The second-order valence-corrected chi connectivity index (χ2v) is 14.5. The maximum atomic E-state index is 12.4. The molecule has 0 fully saturated rings. The number of esters is 4. The first-order valence-electron chi connectivity index (χ1n) is 18.4. The van der Waals surface area contributed by atoms with Crippen molar-refractivity contribution in [2.75, 3.05) is 26.4 Å². The van der Waals surface area contributed by atoms with E-state index in [1.54, 1.807) is 6.92 Å². The molecule has 0 amide bonds. The number of unbranched alkanes of at least 4 members (excludes halogenated alkanes) is 2. The van der Waals surface area contributed by atoms with Crippen LogP contribution in [0.4, 0.5) is 0 Å². The van der Waals surface area contributed by atoms with Crippen molar-refractivity contribution in [2.45, 2.75) is 141 Å². The maximum Gasteiger partial charge on any atom is 0.333 e. The second-order valence-electron chi connectivity index (χ2n) is 14.5. The van der Waals surface area contributed by atoms with Gasteiger partial charge in [-0.3, -0.25) is 9.59 Å². The van der Waals surface area contributed by atoms with Crippen LogP contribution >= 0.6 is 0 Å². The average molecular weight is 669 g/mol. The lowest BCUT2D eigenvalue weighted by Crippen LogP contribution is -2.39. The molecule has 0 aromatic carbocycles. The van der Waals surface area contributed by atoms with Gasteiger partial charge < -0.3 is 18.9 Å². The van der Waals surface area contributed by atoms with Gasteiger partial charge in [-0.2, -0.15) is 0 Å². The summed E-state index contributed by atoms with van der Waals surface area (Å²) in [5.41, 5.74) is 0.303. The summed E-state index contributed by atoms with van der Waals surface area (Å²) in [4.78, 5) is 48.8. The first-order chi connectivity index (χ1) is 22.0. The van der Waals surface area contributed by atoms with Crippen molar-refractivity contribution in [3.63, 3.8) is 0 Å². The molecule has 0 heterocycles. The van der Waals surface area contributed by atoms with Gasteiger partial charge in [-0.15, -0.1) is 0 Å². The van der Waals surface area contributed by atoms with E-state index in [4.69, 9.17) is 18.9 Å². The van der Waals surface area contributed by atoms with Crippen LogP contribution in [0, 0.1) is 47.3 Å². The van der Waals surface area contributed by atoms with Crippen LogP contribution in [0.3, 0.4) is 0 Å². The Labute approximate surface area is 288 Å². The minimum atomic E-state index is -0.460. The van der Waals surface area contributed by atoms with Gasteiger partial charge in [-0.1, -0.05) is 122 Å². The molecule has 47 heavy (non-hydrogen) atoms. The Morgan fingerprint density at radius 2 is 0.936 bits per heavy atom. The Bertz CT molecular complexity index is 855. The first kappa shape index (κ1) is 46.7. The SMILES string of the molecule is CC(C)COC(=O)C(C(C)C)C(C(=O)OCC(C)C)C(C)C.CCCCC(CC)COC(=O)/C=C(/C)C(=O)OCC(CC)CCCC. The smallest absolute Gasteiger partial charge is 0.333 e. The van der Waals surface area contributed by atoms with E-state index in [0.717, 1.165) is 51.4 Å². The zero-order valence-electron chi connectivity index (χ0n) is 32.4. The van der Waals surface area contributed by atoms with E-state index < -0.39 is 23.8 Å².